The van der Waals surface area contributed by atoms with Crippen molar-refractivity contribution in [2.45, 2.75) is 6.04 Å². The van der Waals surface area contributed by atoms with Gasteiger partial charge in [-0.15, -0.1) is 0 Å². The molecule has 21 heavy (non-hydrogen) atoms. The van der Waals surface area contributed by atoms with Crippen molar-refractivity contribution in [3.63, 3.8) is 0 Å². The minimum Gasteiger partial charge on any atom is -0.508 e. The van der Waals surface area contributed by atoms with Gasteiger partial charge >= 0.3 is 0 Å². The first-order valence-corrected chi connectivity index (χ1v) is 7.10. The molecule has 0 saturated carbocycles. The van der Waals surface area contributed by atoms with Crippen LogP contribution in [0.2, 0.25) is 0 Å². The highest BCUT2D eigenvalue weighted by atomic mass is 16.3. The summed E-state index contributed by atoms with van der Waals surface area (Å²) in [6.07, 6.45) is 0. The third-order valence-electron chi connectivity index (χ3n) is 3.85. The van der Waals surface area contributed by atoms with Gasteiger partial charge in [-0.2, -0.15) is 0 Å². The average molecular weight is 277 g/mol. The summed E-state index contributed by atoms with van der Waals surface area (Å²) in [7, 11) is 4.08. The van der Waals surface area contributed by atoms with Crippen LogP contribution in [-0.2, 0) is 0 Å². The lowest BCUT2D eigenvalue weighted by atomic mass is 9.92. The van der Waals surface area contributed by atoms with E-state index in [1.165, 1.54) is 5.56 Å². The molecule has 0 spiro atoms. The van der Waals surface area contributed by atoms with E-state index in [0.717, 1.165) is 16.3 Å². The number of hydrogen-bond acceptors (Lipinski definition) is 2. The molecule has 3 aromatic rings. The maximum absolute atomic E-state index is 10.5. The molecule has 1 N–H and O–H groups in total. The first-order chi connectivity index (χ1) is 10.2. The Balaban J connectivity index is 2.28. The second kappa shape index (κ2) is 5.58. The Kier molecular flexibility index (Phi) is 3.63. The van der Waals surface area contributed by atoms with Crippen molar-refractivity contribution in [1.29, 1.82) is 0 Å². The number of phenolic OH excluding ortho intramolecular Hbond substituents is 1. The van der Waals surface area contributed by atoms with Gasteiger partial charge in [0.1, 0.15) is 5.75 Å². The summed E-state index contributed by atoms with van der Waals surface area (Å²) in [6.45, 7) is 0. The highest BCUT2D eigenvalue weighted by Gasteiger charge is 2.22. The zero-order valence-electron chi connectivity index (χ0n) is 12.3. The molecule has 2 heteroatoms. The standard InChI is InChI=1S/C19H19NO/c1-20(2)19(15-9-4-3-5-10-15)18-16-11-7-6-8-14(16)12-13-17(18)21/h3-13,19,21H,1-2H3/t19-/m1/s1. The van der Waals surface area contributed by atoms with Crippen LogP contribution in [0.5, 0.6) is 5.75 Å². The molecule has 0 heterocycles. The molecule has 0 aliphatic heterocycles. The van der Waals surface area contributed by atoms with E-state index in [-0.39, 0.29) is 6.04 Å². The van der Waals surface area contributed by atoms with E-state index >= 15 is 0 Å². The van der Waals surface area contributed by atoms with Gasteiger partial charge in [0.15, 0.2) is 0 Å². The molecular formula is C19H19NO. The Hall–Kier alpha value is -2.32. The van der Waals surface area contributed by atoms with E-state index in [9.17, 15) is 5.11 Å². The number of benzene rings is 3. The van der Waals surface area contributed by atoms with Crippen LogP contribution < -0.4 is 0 Å². The van der Waals surface area contributed by atoms with Crippen LogP contribution in [0, 0.1) is 0 Å². The molecule has 0 aliphatic carbocycles. The number of aromatic hydroxyl groups is 1. The number of rotatable bonds is 3. The average Bonchev–Trinajstić information content (AvgIpc) is 2.51. The topological polar surface area (TPSA) is 23.5 Å². The Labute approximate surface area is 125 Å². The zero-order valence-corrected chi connectivity index (χ0v) is 12.3. The van der Waals surface area contributed by atoms with Crippen molar-refractivity contribution in [1.82, 2.24) is 4.90 Å². The van der Waals surface area contributed by atoms with Gasteiger partial charge in [0, 0.05) is 5.56 Å². The normalized spacial score (nSPS) is 12.7. The van der Waals surface area contributed by atoms with E-state index in [1.807, 2.05) is 50.5 Å². The van der Waals surface area contributed by atoms with E-state index < -0.39 is 0 Å². The SMILES string of the molecule is CN(C)[C@H](c1ccccc1)c1c(O)ccc2ccccc12. The van der Waals surface area contributed by atoms with Crippen molar-refractivity contribution < 1.29 is 5.11 Å². The second-order valence-corrected chi connectivity index (χ2v) is 5.50. The molecule has 106 valence electrons. The van der Waals surface area contributed by atoms with E-state index in [4.69, 9.17) is 0 Å². The monoisotopic (exact) mass is 277 g/mol. The van der Waals surface area contributed by atoms with Crippen LogP contribution in [-0.4, -0.2) is 24.1 Å². The van der Waals surface area contributed by atoms with Gasteiger partial charge in [-0.05, 0) is 36.5 Å². The molecule has 2 nitrogen and oxygen atoms in total. The smallest absolute Gasteiger partial charge is 0.121 e. The third kappa shape index (κ3) is 2.50. The molecule has 3 rings (SSSR count). The van der Waals surface area contributed by atoms with Crippen molar-refractivity contribution in [3.8, 4) is 5.75 Å². The maximum atomic E-state index is 10.5. The van der Waals surface area contributed by atoms with Gasteiger partial charge in [0.2, 0.25) is 0 Å². The Bertz CT molecular complexity index is 750. The van der Waals surface area contributed by atoms with Gasteiger partial charge in [-0.3, -0.25) is 4.90 Å². The summed E-state index contributed by atoms with van der Waals surface area (Å²) >= 11 is 0. The van der Waals surface area contributed by atoms with Crippen molar-refractivity contribution in [2.24, 2.45) is 0 Å². The molecule has 0 aromatic heterocycles. The summed E-state index contributed by atoms with van der Waals surface area (Å²) in [6, 6.07) is 22.3. The lowest BCUT2D eigenvalue weighted by Crippen LogP contribution is -2.21. The Morgan fingerprint density at radius 2 is 1.48 bits per heavy atom. The van der Waals surface area contributed by atoms with Crippen molar-refractivity contribution in [2.75, 3.05) is 14.1 Å². The van der Waals surface area contributed by atoms with Gasteiger partial charge in [0.05, 0.1) is 6.04 Å². The molecule has 0 amide bonds. The maximum Gasteiger partial charge on any atom is 0.121 e. The lowest BCUT2D eigenvalue weighted by Gasteiger charge is -2.27. The largest absolute Gasteiger partial charge is 0.508 e. The molecule has 1 atom stereocenters. The van der Waals surface area contributed by atoms with Crippen LogP contribution in [0.3, 0.4) is 0 Å². The van der Waals surface area contributed by atoms with Crippen LogP contribution >= 0.6 is 0 Å². The summed E-state index contributed by atoms with van der Waals surface area (Å²) in [5.41, 5.74) is 2.14. The quantitative estimate of drug-likeness (QED) is 0.775. The lowest BCUT2D eigenvalue weighted by molar-refractivity contribution is 0.333. The molecule has 0 aliphatic rings. The number of fused-ring (bicyclic) bond motifs is 1. The van der Waals surface area contributed by atoms with Gasteiger partial charge in [-0.1, -0.05) is 60.7 Å². The Morgan fingerprint density at radius 3 is 2.19 bits per heavy atom. The predicted octanol–water partition coefficient (Wildman–Crippen LogP) is 4.20. The zero-order chi connectivity index (χ0) is 14.8. The molecule has 0 bridgehead atoms. The first-order valence-electron chi connectivity index (χ1n) is 7.10. The minimum absolute atomic E-state index is 0.0253. The third-order valence-corrected chi connectivity index (χ3v) is 3.85. The van der Waals surface area contributed by atoms with E-state index in [0.29, 0.717) is 5.75 Å². The van der Waals surface area contributed by atoms with Gasteiger partial charge < -0.3 is 5.11 Å². The molecule has 0 unspecified atom stereocenters. The van der Waals surface area contributed by atoms with Crippen LogP contribution in [0.4, 0.5) is 0 Å². The number of nitrogens with zero attached hydrogens (tertiary/aromatic N) is 1. The fraction of sp³-hybridized carbons (Fsp3) is 0.158. The fourth-order valence-electron chi connectivity index (χ4n) is 2.93. The molecule has 0 fully saturated rings. The van der Waals surface area contributed by atoms with E-state index in [2.05, 4.69) is 29.2 Å². The van der Waals surface area contributed by atoms with Crippen LogP contribution in [0.15, 0.2) is 66.7 Å². The Morgan fingerprint density at radius 1 is 0.810 bits per heavy atom. The van der Waals surface area contributed by atoms with Gasteiger partial charge in [-0.25, -0.2) is 0 Å². The fourth-order valence-corrected chi connectivity index (χ4v) is 2.93. The van der Waals surface area contributed by atoms with Gasteiger partial charge in [0.25, 0.3) is 0 Å². The second-order valence-electron chi connectivity index (χ2n) is 5.50. The summed E-state index contributed by atoms with van der Waals surface area (Å²) < 4.78 is 0. The summed E-state index contributed by atoms with van der Waals surface area (Å²) in [5.74, 6) is 0.344. The van der Waals surface area contributed by atoms with Crippen molar-refractivity contribution in [3.05, 3.63) is 77.9 Å². The molecule has 0 radical (unpaired) electrons. The van der Waals surface area contributed by atoms with Crippen molar-refractivity contribution >= 4 is 10.8 Å². The van der Waals surface area contributed by atoms with Crippen LogP contribution in [0.1, 0.15) is 17.2 Å². The number of phenols is 1. The first kappa shape index (κ1) is 13.7. The van der Waals surface area contributed by atoms with Crippen LogP contribution in [0.25, 0.3) is 10.8 Å². The van der Waals surface area contributed by atoms with E-state index in [1.54, 1.807) is 6.07 Å². The molecule has 0 saturated heterocycles. The number of hydrogen-bond donors (Lipinski definition) is 1. The minimum atomic E-state index is 0.0253. The summed E-state index contributed by atoms with van der Waals surface area (Å²) in [4.78, 5) is 2.14. The summed E-state index contributed by atoms with van der Waals surface area (Å²) in [5, 5.41) is 12.7. The molecule has 3 aromatic carbocycles. The predicted molar refractivity (Wildman–Crippen MR) is 87.6 cm³/mol. The molecular weight excluding hydrogens is 258 g/mol. The highest BCUT2D eigenvalue weighted by Crippen LogP contribution is 2.38. The highest BCUT2D eigenvalue weighted by molar-refractivity contribution is 5.88.